The zero-order chi connectivity index (χ0) is 20.5. The predicted octanol–water partition coefficient (Wildman–Crippen LogP) is 5.24. The highest BCUT2D eigenvalue weighted by Gasteiger charge is 2.25. The maximum atomic E-state index is 13.2. The van der Waals surface area contributed by atoms with Crippen molar-refractivity contribution < 1.29 is 14.3 Å². The summed E-state index contributed by atoms with van der Waals surface area (Å²) in [5.41, 5.74) is 3.67. The molecule has 0 saturated carbocycles. The number of phenolic OH excluding ortho intramolecular Hbond substituents is 1. The monoisotopic (exact) mass is 392 g/mol. The third-order valence-electron chi connectivity index (χ3n) is 5.99. The fourth-order valence-corrected chi connectivity index (χ4v) is 4.14. The maximum absolute atomic E-state index is 13.2. The van der Waals surface area contributed by atoms with Gasteiger partial charge < -0.3 is 14.8 Å². The number of hydrogen-bond acceptors (Lipinski definition) is 4. The first-order chi connectivity index (χ1) is 13.9. The van der Waals surface area contributed by atoms with E-state index in [4.69, 9.17) is 4.42 Å². The molecule has 1 fully saturated rings. The normalized spacial score (nSPS) is 15.7. The van der Waals surface area contributed by atoms with Crippen LogP contribution in [0, 0.1) is 19.8 Å². The van der Waals surface area contributed by atoms with Gasteiger partial charge in [-0.25, -0.2) is 0 Å². The summed E-state index contributed by atoms with van der Waals surface area (Å²) in [6.45, 7) is 8.65. The highest BCUT2D eigenvalue weighted by molar-refractivity contribution is 6.14. The lowest BCUT2D eigenvalue weighted by atomic mass is 9.97. The maximum Gasteiger partial charge on any atom is 0.259 e. The molecular formula is C24H28N2O3. The highest BCUT2D eigenvalue weighted by atomic mass is 16.3. The van der Waals surface area contributed by atoms with Gasteiger partial charge in [-0.1, -0.05) is 25.1 Å². The van der Waals surface area contributed by atoms with Gasteiger partial charge in [-0.3, -0.25) is 9.69 Å². The van der Waals surface area contributed by atoms with Gasteiger partial charge in [0.05, 0.1) is 5.56 Å². The van der Waals surface area contributed by atoms with Crippen LogP contribution in [0.5, 0.6) is 5.75 Å². The molecule has 1 aromatic heterocycles. The first-order valence-corrected chi connectivity index (χ1v) is 10.3. The number of furan rings is 1. The average Bonchev–Trinajstić information content (AvgIpc) is 3.04. The first-order valence-electron chi connectivity index (χ1n) is 10.3. The molecule has 1 amide bonds. The number of aryl methyl sites for hydroxylation is 2. The molecule has 2 heterocycles. The smallest absolute Gasteiger partial charge is 0.259 e. The number of carbonyl (C=O) groups is 1. The van der Waals surface area contributed by atoms with Crippen molar-refractivity contribution in [3.05, 3.63) is 58.8 Å². The average molecular weight is 392 g/mol. The number of aromatic hydroxyl groups is 1. The van der Waals surface area contributed by atoms with E-state index in [2.05, 4.69) is 17.1 Å². The summed E-state index contributed by atoms with van der Waals surface area (Å²) >= 11 is 0. The van der Waals surface area contributed by atoms with Crippen LogP contribution in [0.25, 0.3) is 11.0 Å². The van der Waals surface area contributed by atoms with Gasteiger partial charge in [0.25, 0.3) is 5.91 Å². The van der Waals surface area contributed by atoms with Crippen LogP contribution in [0.3, 0.4) is 0 Å². The third-order valence-corrected chi connectivity index (χ3v) is 5.99. The van der Waals surface area contributed by atoms with E-state index >= 15 is 0 Å². The molecule has 0 radical (unpaired) electrons. The summed E-state index contributed by atoms with van der Waals surface area (Å²) in [7, 11) is 0. The van der Waals surface area contributed by atoms with Gasteiger partial charge in [0.2, 0.25) is 0 Å². The van der Waals surface area contributed by atoms with Crippen LogP contribution in [-0.4, -0.2) is 29.0 Å². The quantitative estimate of drug-likeness (QED) is 0.637. The van der Waals surface area contributed by atoms with E-state index < -0.39 is 0 Å². The number of nitrogens with one attached hydrogen (secondary N) is 1. The number of hydrogen-bond donors (Lipinski definition) is 2. The zero-order valence-electron chi connectivity index (χ0n) is 17.3. The van der Waals surface area contributed by atoms with Gasteiger partial charge in [-0.2, -0.15) is 0 Å². The third kappa shape index (κ3) is 3.87. The van der Waals surface area contributed by atoms with Gasteiger partial charge in [-0.15, -0.1) is 0 Å². The number of fused-ring (bicyclic) bond motifs is 1. The second-order valence-electron chi connectivity index (χ2n) is 8.20. The SMILES string of the molecule is Cc1ccccc1NC(=O)c1c(C)oc2ccc(O)c(CN3CCC(C)CC3)c12. The number of para-hydroxylation sites is 1. The van der Waals surface area contributed by atoms with Gasteiger partial charge in [0, 0.05) is 23.2 Å². The van der Waals surface area contributed by atoms with Crippen molar-refractivity contribution in [2.45, 2.75) is 40.2 Å². The number of likely N-dealkylation sites (tertiary alicyclic amines) is 1. The van der Waals surface area contributed by atoms with Crippen molar-refractivity contribution in [3.8, 4) is 5.75 Å². The summed E-state index contributed by atoms with van der Waals surface area (Å²) in [5.74, 6) is 1.30. The van der Waals surface area contributed by atoms with E-state index in [0.29, 0.717) is 28.8 Å². The van der Waals surface area contributed by atoms with Crippen molar-refractivity contribution in [3.63, 3.8) is 0 Å². The van der Waals surface area contributed by atoms with Crippen LogP contribution < -0.4 is 5.32 Å². The number of phenols is 1. The Morgan fingerprint density at radius 1 is 1.17 bits per heavy atom. The van der Waals surface area contributed by atoms with E-state index in [-0.39, 0.29) is 11.7 Å². The molecule has 5 heteroatoms. The summed E-state index contributed by atoms with van der Waals surface area (Å²) in [6, 6.07) is 11.1. The first kappa shape index (κ1) is 19.5. The van der Waals surface area contributed by atoms with E-state index in [9.17, 15) is 9.90 Å². The van der Waals surface area contributed by atoms with Crippen LogP contribution in [0.4, 0.5) is 5.69 Å². The molecule has 5 nitrogen and oxygen atoms in total. The van der Waals surface area contributed by atoms with Gasteiger partial charge in [-0.05, 0) is 69.5 Å². The molecule has 0 unspecified atom stereocenters. The molecule has 152 valence electrons. The van der Waals surface area contributed by atoms with E-state index in [1.54, 1.807) is 19.1 Å². The fraction of sp³-hybridized carbons (Fsp3) is 0.375. The number of benzene rings is 2. The standard InChI is InChI=1S/C24H28N2O3/c1-15-10-12-26(13-11-15)14-18-20(27)8-9-21-23(18)22(17(3)29-21)24(28)25-19-7-5-4-6-16(19)2/h4-9,15,27H,10-14H2,1-3H3,(H,25,28). The Morgan fingerprint density at radius 3 is 2.62 bits per heavy atom. The van der Waals surface area contributed by atoms with Crippen molar-refractivity contribution in [2.75, 3.05) is 18.4 Å². The lowest BCUT2D eigenvalue weighted by Gasteiger charge is -2.30. The Bertz CT molecular complexity index is 1050. The van der Waals surface area contributed by atoms with E-state index in [0.717, 1.165) is 48.7 Å². The Labute approximate surface area is 171 Å². The number of anilines is 1. The lowest BCUT2D eigenvalue weighted by molar-refractivity contribution is 0.102. The highest BCUT2D eigenvalue weighted by Crippen LogP contribution is 2.35. The summed E-state index contributed by atoms with van der Waals surface area (Å²) in [6.07, 6.45) is 2.31. The second kappa shape index (κ2) is 7.91. The van der Waals surface area contributed by atoms with Crippen LogP contribution in [0.15, 0.2) is 40.8 Å². The second-order valence-corrected chi connectivity index (χ2v) is 8.20. The van der Waals surface area contributed by atoms with Crippen molar-refractivity contribution >= 4 is 22.6 Å². The number of amides is 1. The molecular weight excluding hydrogens is 364 g/mol. The minimum atomic E-state index is -0.213. The molecule has 2 aromatic carbocycles. The Kier molecular flexibility index (Phi) is 5.33. The zero-order valence-corrected chi connectivity index (χ0v) is 17.3. The van der Waals surface area contributed by atoms with Crippen LogP contribution in [0.1, 0.15) is 47.0 Å². The van der Waals surface area contributed by atoms with Gasteiger partial charge in [0.15, 0.2) is 0 Å². The van der Waals surface area contributed by atoms with Crippen molar-refractivity contribution in [1.29, 1.82) is 0 Å². The van der Waals surface area contributed by atoms with Crippen molar-refractivity contribution in [2.24, 2.45) is 5.92 Å². The number of carbonyl (C=O) groups excluding carboxylic acids is 1. The van der Waals surface area contributed by atoms with Crippen LogP contribution in [0.2, 0.25) is 0 Å². The minimum Gasteiger partial charge on any atom is -0.508 e. The molecule has 0 aliphatic carbocycles. The predicted molar refractivity (Wildman–Crippen MR) is 115 cm³/mol. The van der Waals surface area contributed by atoms with Crippen LogP contribution >= 0.6 is 0 Å². The Morgan fingerprint density at radius 2 is 1.90 bits per heavy atom. The van der Waals surface area contributed by atoms with E-state index in [1.807, 2.05) is 31.2 Å². The molecule has 0 atom stereocenters. The number of rotatable bonds is 4. The molecule has 1 aliphatic rings. The molecule has 0 bridgehead atoms. The fourth-order valence-electron chi connectivity index (χ4n) is 4.14. The van der Waals surface area contributed by atoms with E-state index in [1.165, 1.54) is 0 Å². The molecule has 2 N–H and O–H groups in total. The Balaban J connectivity index is 1.72. The Hall–Kier alpha value is -2.79. The number of nitrogens with zero attached hydrogens (tertiary/aromatic N) is 1. The molecule has 3 aromatic rings. The molecule has 1 aliphatic heterocycles. The molecule has 1 saturated heterocycles. The lowest BCUT2D eigenvalue weighted by Crippen LogP contribution is -2.32. The topological polar surface area (TPSA) is 65.7 Å². The summed E-state index contributed by atoms with van der Waals surface area (Å²) in [5, 5.41) is 14.4. The summed E-state index contributed by atoms with van der Waals surface area (Å²) < 4.78 is 5.90. The molecule has 29 heavy (non-hydrogen) atoms. The number of piperidine rings is 1. The molecule has 0 spiro atoms. The van der Waals surface area contributed by atoms with Crippen molar-refractivity contribution in [1.82, 2.24) is 4.90 Å². The molecule has 4 rings (SSSR count). The summed E-state index contributed by atoms with van der Waals surface area (Å²) in [4.78, 5) is 15.5. The minimum absolute atomic E-state index is 0.210. The van der Waals surface area contributed by atoms with Crippen LogP contribution in [-0.2, 0) is 6.54 Å². The van der Waals surface area contributed by atoms with Gasteiger partial charge >= 0.3 is 0 Å². The largest absolute Gasteiger partial charge is 0.508 e. The van der Waals surface area contributed by atoms with Gasteiger partial charge in [0.1, 0.15) is 17.1 Å².